The van der Waals surface area contributed by atoms with E-state index in [-0.39, 0.29) is 0 Å². The van der Waals surface area contributed by atoms with E-state index >= 15 is 0 Å². The Bertz CT molecular complexity index is 643. The summed E-state index contributed by atoms with van der Waals surface area (Å²) in [5, 5.41) is 0. The molecule has 0 bridgehead atoms. The lowest BCUT2D eigenvalue weighted by molar-refractivity contribution is 0.340. The van der Waals surface area contributed by atoms with Crippen LogP contribution in [0.1, 0.15) is 6.92 Å². The van der Waals surface area contributed by atoms with Gasteiger partial charge in [-0.15, -0.1) is 0 Å². The first-order chi connectivity index (χ1) is 8.86. The fraction of sp³-hybridized carbons (Fsp3) is 0.143. The van der Waals surface area contributed by atoms with Crippen LogP contribution < -0.4 is 4.74 Å². The van der Waals surface area contributed by atoms with Crippen LogP contribution in [0.2, 0.25) is 0 Å². The molecule has 0 fully saturated rings. The van der Waals surface area contributed by atoms with Gasteiger partial charge in [0, 0.05) is 11.8 Å². The zero-order valence-electron chi connectivity index (χ0n) is 9.96. The van der Waals surface area contributed by atoms with E-state index in [1.54, 1.807) is 6.20 Å². The second-order valence-electron chi connectivity index (χ2n) is 3.81. The van der Waals surface area contributed by atoms with E-state index in [0.717, 1.165) is 16.8 Å². The summed E-state index contributed by atoms with van der Waals surface area (Å²) in [6, 6.07) is 11.4. The number of aromatic nitrogens is 2. The predicted molar refractivity (Wildman–Crippen MR) is 68.4 cm³/mol. The molecule has 0 spiro atoms. The number of oxazole rings is 1. The summed E-state index contributed by atoms with van der Waals surface area (Å²) in [4.78, 5) is 8.53. The van der Waals surface area contributed by atoms with E-state index in [0.29, 0.717) is 18.2 Å². The average Bonchev–Trinajstić information content (AvgIpc) is 2.83. The van der Waals surface area contributed by atoms with Crippen LogP contribution in [0.4, 0.5) is 0 Å². The maximum atomic E-state index is 5.61. The highest BCUT2D eigenvalue weighted by atomic mass is 16.5. The largest absolute Gasteiger partial charge is 0.494 e. The van der Waals surface area contributed by atoms with Gasteiger partial charge in [0.05, 0.1) is 6.61 Å². The van der Waals surface area contributed by atoms with Crippen molar-refractivity contribution in [2.24, 2.45) is 0 Å². The molecule has 3 rings (SSSR count). The topological polar surface area (TPSA) is 48.2 Å². The maximum Gasteiger partial charge on any atom is 0.247 e. The molecule has 4 nitrogen and oxygen atoms in total. The first-order valence-corrected chi connectivity index (χ1v) is 5.81. The molecule has 0 aliphatic rings. The number of hydrogen-bond acceptors (Lipinski definition) is 4. The van der Waals surface area contributed by atoms with Crippen molar-refractivity contribution in [1.29, 1.82) is 0 Å². The van der Waals surface area contributed by atoms with Crippen molar-refractivity contribution < 1.29 is 9.15 Å². The van der Waals surface area contributed by atoms with Crippen LogP contribution in [0.25, 0.3) is 22.7 Å². The number of rotatable bonds is 3. The van der Waals surface area contributed by atoms with Crippen molar-refractivity contribution in [1.82, 2.24) is 9.97 Å². The van der Waals surface area contributed by atoms with Gasteiger partial charge < -0.3 is 9.15 Å². The van der Waals surface area contributed by atoms with E-state index < -0.39 is 0 Å². The highest BCUT2D eigenvalue weighted by Gasteiger charge is 2.09. The summed E-state index contributed by atoms with van der Waals surface area (Å²) in [5.41, 5.74) is 2.20. The second-order valence-corrected chi connectivity index (χ2v) is 3.81. The fourth-order valence-electron chi connectivity index (χ4n) is 1.78. The van der Waals surface area contributed by atoms with Gasteiger partial charge in [-0.3, -0.25) is 0 Å². The highest BCUT2D eigenvalue weighted by Crippen LogP contribution is 2.25. The molecule has 2 heterocycles. The molecule has 0 radical (unpaired) electrons. The summed E-state index contributed by atoms with van der Waals surface area (Å²) in [6.45, 7) is 2.59. The van der Waals surface area contributed by atoms with Gasteiger partial charge in [0.2, 0.25) is 11.6 Å². The Morgan fingerprint density at radius 3 is 3.00 bits per heavy atom. The number of hydrogen-bond donors (Lipinski definition) is 0. The van der Waals surface area contributed by atoms with Gasteiger partial charge in [-0.2, -0.15) is 0 Å². The van der Waals surface area contributed by atoms with Crippen LogP contribution in [0.5, 0.6) is 5.75 Å². The Balaban J connectivity index is 2.05. The second kappa shape index (κ2) is 4.49. The van der Waals surface area contributed by atoms with Crippen molar-refractivity contribution in [3.8, 4) is 17.2 Å². The molecule has 3 aromatic rings. The minimum atomic E-state index is 0.550. The maximum absolute atomic E-state index is 5.61. The molecule has 0 saturated heterocycles. The van der Waals surface area contributed by atoms with Crippen molar-refractivity contribution in [3.05, 3.63) is 42.6 Å². The van der Waals surface area contributed by atoms with Gasteiger partial charge in [-0.05, 0) is 37.3 Å². The Morgan fingerprint density at radius 2 is 2.17 bits per heavy atom. The molecule has 0 atom stereocenters. The molecule has 0 aliphatic heterocycles. The predicted octanol–water partition coefficient (Wildman–Crippen LogP) is 3.29. The molecule has 0 saturated carbocycles. The Labute approximate surface area is 104 Å². The third-order valence-electron chi connectivity index (χ3n) is 2.56. The van der Waals surface area contributed by atoms with Gasteiger partial charge in [-0.25, -0.2) is 9.97 Å². The van der Waals surface area contributed by atoms with Crippen LogP contribution in [0.15, 0.2) is 47.0 Å². The molecular weight excluding hydrogens is 228 g/mol. The van der Waals surface area contributed by atoms with Crippen molar-refractivity contribution in [2.75, 3.05) is 6.61 Å². The summed E-state index contributed by atoms with van der Waals surface area (Å²) >= 11 is 0. The third kappa shape index (κ3) is 1.93. The summed E-state index contributed by atoms with van der Waals surface area (Å²) in [7, 11) is 0. The van der Waals surface area contributed by atoms with E-state index in [4.69, 9.17) is 9.15 Å². The monoisotopic (exact) mass is 240 g/mol. The normalized spacial score (nSPS) is 10.7. The number of ether oxygens (including phenoxy) is 1. The zero-order chi connectivity index (χ0) is 12.4. The van der Waals surface area contributed by atoms with Gasteiger partial charge in [0.1, 0.15) is 11.3 Å². The first kappa shape index (κ1) is 10.8. The van der Waals surface area contributed by atoms with E-state index in [1.165, 1.54) is 0 Å². The number of fused-ring (bicyclic) bond motifs is 1. The Kier molecular flexibility index (Phi) is 2.68. The Hall–Kier alpha value is -2.36. The number of nitrogens with zero attached hydrogens (tertiary/aromatic N) is 2. The lowest BCUT2D eigenvalue weighted by atomic mass is 10.2. The van der Waals surface area contributed by atoms with Gasteiger partial charge in [0.15, 0.2) is 0 Å². The molecule has 90 valence electrons. The fourth-order valence-corrected chi connectivity index (χ4v) is 1.78. The average molecular weight is 240 g/mol. The number of pyridine rings is 1. The zero-order valence-corrected chi connectivity index (χ0v) is 9.96. The van der Waals surface area contributed by atoms with Crippen molar-refractivity contribution >= 4 is 11.2 Å². The summed E-state index contributed by atoms with van der Waals surface area (Å²) < 4.78 is 11.1. The number of benzene rings is 1. The van der Waals surface area contributed by atoms with Crippen LogP contribution in [-0.4, -0.2) is 16.6 Å². The summed E-state index contributed by atoms with van der Waals surface area (Å²) in [5.74, 6) is 1.37. The first-order valence-electron chi connectivity index (χ1n) is 5.81. The molecule has 4 heteroatoms. The van der Waals surface area contributed by atoms with Crippen LogP contribution in [0.3, 0.4) is 0 Å². The smallest absolute Gasteiger partial charge is 0.247 e. The van der Waals surface area contributed by atoms with Crippen molar-refractivity contribution in [3.63, 3.8) is 0 Å². The van der Waals surface area contributed by atoms with Gasteiger partial charge in [0.25, 0.3) is 0 Å². The van der Waals surface area contributed by atoms with Crippen LogP contribution in [-0.2, 0) is 0 Å². The molecule has 0 N–H and O–H groups in total. The SMILES string of the molecule is CCOc1cccc(-c2nc3cccnc3o2)c1. The van der Waals surface area contributed by atoms with Crippen LogP contribution >= 0.6 is 0 Å². The molecule has 2 aromatic heterocycles. The molecule has 0 amide bonds. The molecule has 0 aliphatic carbocycles. The minimum Gasteiger partial charge on any atom is -0.494 e. The molecule has 1 aromatic carbocycles. The standard InChI is InChI=1S/C14H12N2O2/c1-2-17-11-6-3-5-10(9-11)13-16-12-7-4-8-15-14(12)18-13/h3-9H,2H2,1H3. The molecular formula is C14H12N2O2. The van der Waals surface area contributed by atoms with Crippen LogP contribution in [0, 0.1) is 0 Å². The van der Waals surface area contributed by atoms with E-state index in [1.807, 2.05) is 43.3 Å². The molecule has 0 unspecified atom stereocenters. The third-order valence-corrected chi connectivity index (χ3v) is 2.56. The lowest BCUT2D eigenvalue weighted by Gasteiger charge is -2.03. The quantitative estimate of drug-likeness (QED) is 0.704. The molecule has 18 heavy (non-hydrogen) atoms. The Morgan fingerprint density at radius 1 is 1.22 bits per heavy atom. The van der Waals surface area contributed by atoms with E-state index in [2.05, 4.69) is 9.97 Å². The van der Waals surface area contributed by atoms with Gasteiger partial charge >= 0.3 is 0 Å². The minimum absolute atomic E-state index is 0.550. The lowest BCUT2D eigenvalue weighted by Crippen LogP contribution is -1.91. The van der Waals surface area contributed by atoms with E-state index in [9.17, 15) is 0 Å². The van der Waals surface area contributed by atoms with Crippen molar-refractivity contribution in [2.45, 2.75) is 6.92 Å². The highest BCUT2D eigenvalue weighted by molar-refractivity contribution is 5.72. The summed E-state index contributed by atoms with van der Waals surface area (Å²) in [6.07, 6.45) is 1.69. The van der Waals surface area contributed by atoms with Gasteiger partial charge in [-0.1, -0.05) is 6.07 Å².